The average Bonchev–Trinajstić information content (AvgIpc) is 2.75. The van der Waals surface area contributed by atoms with Crippen LogP contribution in [-0.4, -0.2) is 14.3 Å². The number of nitrogens with one attached hydrogen (secondary N) is 2. The van der Waals surface area contributed by atoms with Crippen LogP contribution in [0.1, 0.15) is 25.0 Å². The number of amides is 1. The van der Waals surface area contributed by atoms with Gasteiger partial charge in [0, 0.05) is 6.54 Å². The lowest BCUT2D eigenvalue weighted by molar-refractivity contribution is -0.125. The quantitative estimate of drug-likeness (QED) is 0.479. The highest BCUT2D eigenvalue weighted by atomic mass is 35.5. The van der Waals surface area contributed by atoms with Crippen LogP contribution >= 0.6 is 23.2 Å². The van der Waals surface area contributed by atoms with Gasteiger partial charge in [-0.2, -0.15) is 0 Å². The first-order chi connectivity index (χ1) is 14.6. The first kappa shape index (κ1) is 23.1. The standard InChI is InChI=1S/C23H22Cl2N2O3S/c1-23(2,17-12-13-19(24)20(25)14-17)22(28)26-15-16-8-6-7-11-21(16)27-31(29,30)18-9-4-3-5-10-18/h3-14,27H,15H2,1-2H3,(H,26,28). The van der Waals surface area contributed by atoms with Crippen LogP contribution < -0.4 is 10.0 Å². The van der Waals surface area contributed by atoms with Gasteiger partial charge in [-0.25, -0.2) is 8.42 Å². The second-order valence-electron chi connectivity index (χ2n) is 7.51. The molecule has 0 fully saturated rings. The summed E-state index contributed by atoms with van der Waals surface area (Å²) in [7, 11) is -3.74. The molecule has 0 aliphatic carbocycles. The number of rotatable bonds is 7. The molecule has 0 aromatic heterocycles. The van der Waals surface area contributed by atoms with E-state index in [1.165, 1.54) is 12.1 Å². The van der Waals surface area contributed by atoms with E-state index in [4.69, 9.17) is 23.2 Å². The van der Waals surface area contributed by atoms with Gasteiger partial charge >= 0.3 is 0 Å². The third-order valence-corrected chi connectivity index (χ3v) is 7.08. The Balaban J connectivity index is 1.76. The van der Waals surface area contributed by atoms with E-state index < -0.39 is 15.4 Å². The minimum atomic E-state index is -3.74. The van der Waals surface area contributed by atoms with Crippen LogP contribution in [0.5, 0.6) is 0 Å². The van der Waals surface area contributed by atoms with Crippen molar-refractivity contribution in [1.29, 1.82) is 0 Å². The highest BCUT2D eigenvalue weighted by molar-refractivity contribution is 7.92. The molecule has 8 heteroatoms. The zero-order valence-electron chi connectivity index (χ0n) is 17.0. The largest absolute Gasteiger partial charge is 0.351 e. The molecule has 3 rings (SSSR count). The lowest BCUT2D eigenvalue weighted by Crippen LogP contribution is -2.39. The van der Waals surface area contributed by atoms with E-state index in [2.05, 4.69) is 10.0 Å². The van der Waals surface area contributed by atoms with E-state index in [-0.39, 0.29) is 17.3 Å². The minimum Gasteiger partial charge on any atom is -0.351 e. The fraction of sp³-hybridized carbons (Fsp3) is 0.174. The third kappa shape index (κ3) is 5.39. The molecule has 0 bridgehead atoms. The average molecular weight is 477 g/mol. The molecule has 5 nitrogen and oxygen atoms in total. The number of hydrogen-bond donors (Lipinski definition) is 2. The van der Waals surface area contributed by atoms with Crippen molar-refractivity contribution in [2.24, 2.45) is 0 Å². The molecule has 3 aromatic carbocycles. The fourth-order valence-corrected chi connectivity index (χ4v) is 4.41. The van der Waals surface area contributed by atoms with Crippen molar-refractivity contribution in [3.8, 4) is 0 Å². The van der Waals surface area contributed by atoms with Crippen molar-refractivity contribution in [1.82, 2.24) is 5.32 Å². The summed E-state index contributed by atoms with van der Waals surface area (Å²) in [6, 6.07) is 20.1. The maximum Gasteiger partial charge on any atom is 0.261 e. The molecule has 0 unspecified atom stereocenters. The summed E-state index contributed by atoms with van der Waals surface area (Å²) < 4.78 is 27.9. The Morgan fingerprint density at radius 3 is 2.23 bits per heavy atom. The Morgan fingerprint density at radius 1 is 0.903 bits per heavy atom. The normalized spacial score (nSPS) is 11.7. The monoisotopic (exact) mass is 476 g/mol. The molecule has 0 heterocycles. The summed E-state index contributed by atoms with van der Waals surface area (Å²) in [6.07, 6.45) is 0. The Morgan fingerprint density at radius 2 is 1.55 bits per heavy atom. The van der Waals surface area contributed by atoms with Crippen LogP contribution in [-0.2, 0) is 26.8 Å². The van der Waals surface area contributed by atoms with Gasteiger partial charge in [0.15, 0.2) is 0 Å². The molecule has 31 heavy (non-hydrogen) atoms. The van der Waals surface area contributed by atoms with E-state index in [0.29, 0.717) is 21.3 Å². The van der Waals surface area contributed by atoms with Crippen molar-refractivity contribution in [2.45, 2.75) is 30.7 Å². The SMILES string of the molecule is CC(C)(C(=O)NCc1ccccc1NS(=O)(=O)c1ccccc1)c1ccc(Cl)c(Cl)c1. The number of anilines is 1. The van der Waals surface area contributed by atoms with E-state index in [0.717, 1.165) is 5.56 Å². The van der Waals surface area contributed by atoms with Crippen molar-refractivity contribution >= 4 is 44.8 Å². The number of halogens is 2. The number of sulfonamides is 1. The summed E-state index contributed by atoms with van der Waals surface area (Å²) in [5.74, 6) is -0.230. The van der Waals surface area contributed by atoms with Gasteiger partial charge in [-0.1, -0.05) is 65.7 Å². The predicted octanol–water partition coefficient (Wildman–Crippen LogP) is 5.39. The number of carbonyl (C=O) groups excluding carboxylic acids is 1. The molecule has 1 amide bonds. The van der Waals surface area contributed by atoms with E-state index in [1.54, 1.807) is 74.5 Å². The first-order valence-electron chi connectivity index (χ1n) is 9.51. The first-order valence-corrected chi connectivity index (χ1v) is 11.7. The van der Waals surface area contributed by atoms with Crippen molar-refractivity contribution in [3.05, 3.63) is 94.0 Å². The van der Waals surface area contributed by atoms with Gasteiger partial charge in [-0.3, -0.25) is 9.52 Å². The third-order valence-electron chi connectivity index (χ3n) is 4.96. The van der Waals surface area contributed by atoms with Crippen LogP contribution in [0.25, 0.3) is 0 Å². The van der Waals surface area contributed by atoms with Crippen molar-refractivity contribution in [3.63, 3.8) is 0 Å². The molecular formula is C23H22Cl2N2O3S. The summed E-state index contributed by atoms with van der Waals surface area (Å²) in [5, 5.41) is 3.68. The Hall–Kier alpha value is -2.54. The lowest BCUT2D eigenvalue weighted by Gasteiger charge is -2.25. The smallest absolute Gasteiger partial charge is 0.261 e. The van der Waals surface area contributed by atoms with Crippen LogP contribution in [0.2, 0.25) is 10.0 Å². The lowest BCUT2D eigenvalue weighted by atomic mass is 9.83. The molecule has 0 radical (unpaired) electrons. The molecule has 3 aromatic rings. The number of benzene rings is 3. The topological polar surface area (TPSA) is 75.3 Å². The minimum absolute atomic E-state index is 0.150. The van der Waals surface area contributed by atoms with Gasteiger partial charge in [-0.15, -0.1) is 0 Å². The highest BCUT2D eigenvalue weighted by Crippen LogP contribution is 2.30. The maximum absolute atomic E-state index is 12.9. The molecule has 162 valence electrons. The molecule has 0 aliphatic heterocycles. The van der Waals surface area contributed by atoms with Gasteiger partial charge in [0.05, 0.1) is 26.0 Å². The molecule has 0 aliphatic rings. The van der Waals surface area contributed by atoms with Crippen molar-refractivity contribution in [2.75, 3.05) is 4.72 Å². The van der Waals surface area contributed by atoms with Gasteiger partial charge in [0.25, 0.3) is 10.0 Å². The van der Waals surface area contributed by atoms with Crippen molar-refractivity contribution < 1.29 is 13.2 Å². The van der Waals surface area contributed by atoms with E-state index >= 15 is 0 Å². The summed E-state index contributed by atoms with van der Waals surface area (Å²) >= 11 is 12.1. The van der Waals surface area contributed by atoms with Gasteiger partial charge in [0.1, 0.15) is 0 Å². The van der Waals surface area contributed by atoms with Crippen LogP contribution in [0.3, 0.4) is 0 Å². The Bertz CT molecular complexity index is 1200. The molecular weight excluding hydrogens is 455 g/mol. The maximum atomic E-state index is 12.9. The molecule has 2 N–H and O–H groups in total. The molecule has 0 saturated heterocycles. The zero-order chi connectivity index (χ0) is 22.6. The molecule has 0 spiro atoms. The molecule has 0 atom stereocenters. The second kappa shape index (κ2) is 9.30. The van der Waals surface area contributed by atoms with Crippen LogP contribution in [0.4, 0.5) is 5.69 Å². The predicted molar refractivity (Wildman–Crippen MR) is 125 cm³/mol. The Labute approximate surface area is 192 Å². The highest BCUT2D eigenvalue weighted by Gasteiger charge is 2.30. The number of hydrogen-bond acceptors (Lipinski definition) is 3. The number of para-hydroxylation sites is 1. The zero-order valence-corrected chi connectivity index (χ0v) is 19.4. The molecule has 0 saturated carbocycles. The van der Waals surface area contributed by atoms with Crippen LogP contribution in [0.15, 0.2) is 77.7 Å². The van der Waals surface area contributed by atoms with Crippen LogP contribution in [0, 0.1) is 0 Å². The van der Waals surface area contributed by atoms with Gasteiger partial charge in [0.2, 0.25) is 5.91 Å². The second-order valence-corrected chi connectivity index (χ2v) is 10.0. The Kier molecular flexibility index (Phi) is 6.94. The summed E-state index contributed by atoms with van der Waals surface area (Å²) in [6.45, 7) is 3.72. The summed E-state index contributed by atoms with van der Waals surface area (Å²) in [4.78, 5) is 13.1. The fourth-order valence-electron chi connectivity index (χ4n) is 2.99. The van der Waals surface area contributed by atoms with Gasteiger partial charge < -0.3 is 5.32 Å². The van der Waals surface area contributed by atoms with Gasteiger partial charge in [-0.05, 0) is 55.3 Å². The summed E-state index contributed by atoms with van der Waals surface area (Å²) in [5.41, 5.74) is 0.893. The number of carbonyl (C=O) groups is 1. The van der Waals surface area contributed by atoms with E-state index in [9.17, 15) is 13.2 Å². The van der Waals surface area contributed by atoms with E-state index in [1.807, 2.05) is 0 Å².